The summed E-state index contributed by atoms with van der Waals surface area (Å²) in [5, 5.41) is 6.50. The fraction of sp³-hybridized carbons (Fsp3) is 0.455. The molecule has 5 heteroatoms. The van der Waals surface area contributed by atoms with Crippen molar-refractivity contribution in [1.82, 2.24) is 9.97 Å². The zero-order chi connectivity index (χ0) is 11.2. The van der Waals surface area contributed by atoms with Gasteiger partial charge in [-0.05, 0) is 24.3 Å². The molecular weight excluding hydrogens is 242 g/mol. The molecule has 0 spiro atoms. The van der Waals surface area contributed by atoms with Crippen LogP contribution in [0.25, 0.3) is 10.2 Å². The number of aromatic nitrogens is 2. The van der Waals surface area contributed by atoms with Gasteiger partial charge in [0, 0.05) is 12.4 Å². The van der Waals surface area contributed by atoms with Gasteiger partial charge in [-0.3, -0.25) is 0 Å². The number of nitrogens with one attached hydrogen (secondary N) is 1. The monoisotopic (exact) mass is 255 g/mol. The molecule has 2 heterocycles. The molecule has 0 unspecified atom stereocenters. The van der Waals surface area contributed by atoms with Gasteiger partial charge in [-0.25, -0.2) is 9.97 Å². The Labute approximate surface area is 104 Å². The number of nitrogens with zero attached hydrogens (tertiary/aromatic N) is 2. The Morgan fingerprint density at radius 1 is 1.25 bits per heavy atom. The van der Waals surface area contributed by atoms with Gasteiger partial charge in [-0.2, -0.15) is 0 Å². The van der Waals surface area contributed by atoms with Crippen LogP contribution in [0, 0.1) is 0 Å². The summed E-state index contributed by atoms with van der Waals surface area (Å²) >= 11 is 7.26. The van der Waals surface area contributed by atoms with Crippen molar-refractivity contribution in [3.8, 4) is 0 Å². The Balaban J connectivity index is 1.91. The van der Waals surface area contributed by atoms with Gasteiger partial charge < -0.3 is 5.32 Å². The molecule has 0 aliphatic carbocycles. The number of fused-ring (bicyclic) bond motifs is 1. The molecule has 1 N–H and O–H groups in total. The van der Waals surface area contributed by atoms with E-state index in [9.17, 15) is 0 Å². The third-order valence-electron chi connectivity index (χ3n) is 2.36. The largest absolute Gasteiger partial charge is 0.369 e. The lowest BCUT2D eigenvalue weighted by Crippen LogP contribution is -2.03. The van der Waals surface area contributed by atoms with Crippen molar-refractivity contribution in [2.75, 3.05) is 17.7 Å². The molecule has 3 nitrogen and oxygen atoms in total. The number of unbranched alkanes of at least 4 members (excludes halogenated alkanes) is 2. The molecule has 0 aliphatic rings. The zero-order valence-electron chi connectivity index (χ0n) is 8.95. The van der Waals surface area contributed by atoms with Crippen LogP contribution < -0.4 is 5.32 Å². The number of alkyl halides is 1. The molecular formula is C11H14ClN3S. The maximum atomic E-state index is 5.62. The lowest BCUT2D eigenvalue weighted by molar-refractivity contribution is 0.746. The van der Waals surface area contributed by atoms with Gasteiger partial charge in [0.05, 0.1) is 5.39 Å². The lowest BCUT2D eigenvalue weighted by atomic mass is 10.2. The van der Waals surface area contributed by atoms with Crippen LogP contribution in [0.4, 0.5) is 5.82 Å². The van der Waals surface area contributed by atoms with Gasteiger partial charge in [-0.15, -0.1) is 22.9 Å². The first-order valence-electron chi connectivity index (χ1n) is 5.40. The van der Waals surface area contributed by atoms with E-state index in [1.807, 2.05) is 5.38 Å². The first-order chi connectivity index (χ1) is 7.92. The molecule has 0 aromatic carbocycles. The molecule has 16 heavy (non-hydrogen) atoms. The van der Waals surface area contributed by atoms with Gasteiger partial charge in [0.2, 0.25) is 0 Å². The van der Waals surface area contributed by atoms with Crippen LogP contribution >= 0.6 is 22.9 Å². The zero-order valence-corrected chi connectivity index (χ0v) is 10.5. The van der Waals surface area contributed by atoms with E-state index < -0.39 is 0 Å². The summed E-state index contributed by atoms with van der Waals surface area (Å²) in [5.74, 6) is 1.69. The standard InChI is InChI=1S/C11H14ClN3S/c12-5-2-1-3-6-13-10-9-4-7-16-11(9)15-8-14-10/h4,7-8H,1-3,5-6H2,(H,13,14,15). The number of hydrogen-bond acceptors (Lipinski definition) is 4. The van der Waals surface area contributed by atoms with E-state index in [2.05, 4.69) is 21.4 Å². The highest BCUT2D eigenvalue weighted by atomic mass is 35.5. The molecule has 0 radical (unpaired) electrons. The van der Waals surface area contributed by atoms with E-state index in [4.69, 9.17) is 11.6 Å². The average Bonchev–Trinajstić information content (AvgIpc) is 2.77. The van der Waals surface area contributed by atoms with E-state index in [-0.39, 0.29) is 0 Å². The molecule has 0 atom stereocenters. The summed E-state index contributed by atoms with van der Waals surface area (Å²) in [6, 6.07) is 2.06. The molecule has 2 rings (SSSR count). The molecule has 0 saturated heterocycles. The van der Waals surface area contributed by atoms with Crippen molar-refractivity contribution < 1.29 is 0 Å². The second-order valence-corrected chi connectivity index (χ2v) is 4.81. The fourth-order valence-electron chi connectivity index (χ4n) is 1.53. The number of halogens is 1. The third-order valence-corrected chi connectivity index (χ3v) is 3.45. The van der Waals surface area contributed by atoms with Crippen LogP contribution in [0.3, 0.4) is 0 Å². The number of anilines is 1. The highest BCUT2D eigenvalue weighted by Crippen LogP contribution is 2.23. The van der Waals surface area contributed by atoms with E-state index in [0.717, 1.165) is 47.7 Å². The Morgan fingerprint density at radius 2 is 2.19 bits per heavy atom. The van der Waals surface area contributed by atoms with E-state index in [0.29, 0.717) is 0 Å². The smallest absolute Gasteiger partial charge is 0.138 e. The summed E-state index contributed by atoms with van der Waals surface area (Å²) < 4.78 is 0. The molecule has 0 amide bonds. The molecule has 86 valence electrons. The van der Waals surface area contributed by atoms with Crippen molar-refractivity contribution in [1.29, 1.82) is 0 Å². The topological polar surface area (TPSA) is 37.8 Å². The summed E-state index contributed by atoms with van der Waals surface area (Å²) in [6.45, 7) is 0.943. The van der Waals surface area contributed by atoms with Crippen LogP contribution in [0.5, 0.6) is 0 Å². The minimum Gasteiger partial charge on any atom is -0.369 e. The van der Waals surface area contributed by atoms with Gasteiger partial charge in [-0.1, -0.05) is 6.42 Å². The minimum absolute atomic E-state index is 0.752. The van der Waals surface area contributed by atoms with Gasteiger partial charge >= 0.3 is 0 Å². The molecule has 0 saturated carbocycles. The number of thiophene rings is 1. The van der Waals surface area contributed by atoms with Crippen molar-refractivity contribution in [2.45, 2.75) is 19.3 Å². The highest BCUT2D eigenvalue weighted by Gasteiger charge is 2.02. The second-order valence-electron chi connectivity index (χ2n) is 3.54. The molecule has 2 aromatic rings. The summed E-state index contributed by atoms with van der Waals surface area (Å²) in [5.41, 5.74) is 0. The second kappa shape index (κ2) is 6.01. The molecule has 2 aromatic heterocycles. The van der Waals surface area contributed by atoms with E-state index in [1.54, 1.807) is 17.7 Å². The Morgan fingerprint density at radius 3 is 3.06 bits per heavy atom. The van der Waals surface area contributed by atoms with Crippen LogP contribution in [0.2, 0.25) is 0 Å². The highest BCUT2D eigenvalue weighted by molar-refractivity contribution is 7.16. The van der Waals surface area contributed by atoms with Gasteiger partial charge in [0.15, 0.2) is 0 Å². The van der Waals surface area contributed by atoms with Crippen molar-refractivity contribution in [3.05, 3.63) is 17.8 Å². The predicted molar refractivity (Wildman–Crippen MR) is 70.5 cm³/mol. The first kappa shape index (κ1) is 11.6. The van der Waals surface area contributed by atoms with Crippen molar-refractivity contribution in [3.63, 3.8) is 0 Å². The van der Waals surface area contributed by atoms with Gasteiger partial charge in [0.1, 0.15) is 17.0 Å². The molecule has 0 bridgehead atoms. The Kier molecular flexibility index (Phi) is 4.36. The normalized spacial score (nSPS) is 10.8. The maximum Gasteiger partial charge on any atom is 0.138 e. The molecule has 0 fully saturated rings. The SMILES string of the molecule is ClCCCCCNc1ncnc2sccc12. The van der Waals surface area contributed by atoms with Gasteiger partial charge in [0.25, 0.3) is 0 Å². The van der Waals surface area contributed by atoms with Crippen molar-refractivity contribution >= 4 is 39.0 Å². The summed E-state index contributed by atoms with van der Waals surface area (Å²) in [4.78, 5) is 9.50. The lowest BCUT2D eigenvalue weighted by Gasteiger charge is -2.05. The number of rotatable bonds is 6. The van der Waals surface area contributed by atoms with E-state index in [1.165, 1.54) is 0 Å². The van der Waals surface area contributed by atoms with Crippen LogP contribution in [-0.2, 0) is 0 Å². The molecule has 0 aliphatic heterocycles. The fourth-order valence-corrected chi connectivity index (χ4v) is 2.46. The van der Waals surface area contributed by atoms with Crippen LogP contribution in [-0.4, -0.2) is 22.4 Å². The predicted octanol–water partition coefficient (Wildman–Crippen LogP) is 3.51. The quantitative estimate of drug-likeness (QED) is 0.634. The minimum atomic E-state index is 0.752. The third kappa shape index (κ3) is 2.83. The maximum absolute atomic E-state index is 5.62. The van der Waals surface area contributed by atoms with Crippen LogP contribution in [0.1, 0.15) is 19.3 Å². The van der Waals surface area contributed by atoms with Crippen molar-refractivity contribution in [2.24, 2.45) is 0 Å². The Bertz CT molecular complexity index is 443. The van der Waals surface area contributed by atoms with Crippen LogP contribution in [0.15, 0.2) is 17.8 Å². The number of hydrogen-bond donors (Lipinski definition) is 1. The summed E-state index contributed by atoms with van der Waals surface area (Å²) in [6.07, 6.45) is 4.98. The Hall–Kier alpha value is -0.870. The summed E-state index contributed by atoms with van der Waals surface area (Å²) in [7, 11) is 0. The first-order valence-corrected chi connectivity index (χ1v) is 6.81. The average molecular weight is 256 g/mol. The van der Waals surface area contributed by atoms with E-state index >= 15 is 0 Å².